The van der Waals surface area contributed by atoms with Crippen LogP contribution in [0.2, 0.25) is 0 Å². The Morgan fingerprint density at radius 3 is 2.73 bits per heavy atom. The molecule has 0 N–H and O–H groups in total. The first-order chi connectivity index (χ1) is 10.6. The van der Waals surface area contributed by atoms with Gasteiger partial charge in [0.15, 0.2) is 0 Å². The number of carbonyl (C=O) groups is 1. The van der Waals surface area contributed by atoms with Crippen LogP contribution < -0.4 is 0 Å². The van der Waals surface area contributed by atoms with Gasteiger partial charge in [-0.25, -0.2) is 4.98 Å². The number of carbonyl (C=O) groups excluding carboxylic acids is 1. The van der Waals surface area contributed by atoms with E-state index in [-0.39, 0.29) is 0 Å². The summed E-state index contributed by atoms with van der Waals surface area (Å²) in [6, 6.07) is 8.34. The average Bonchev–Trinajstić information content (AvgIpc) is 2.96. The summed E-state index contributed by atoms with van der Waals surface area (Å²) in [5.41, 5.74) is 1.11. The lowest BCUT2D eigenvalue weighted by atomic mass is 9.97. The first kappa shape index (κ1) is 15.5. The number of hydrogen-bond acceptors (Lipinski definition) is 3. The summed E-state index contributed by atoms with van der Waals surface area (Å²) in [5.74, 6) is 1.45. The van der Waals surface area contributed by atoms with Gasteiger partial charge in [-0.3, -0.25) is 4.79 Å². The molecule has 0 aliphatic carbocycles. The van der Waals surface area contributed by atoms with Crippen LogP contribution in [0.25, 0.3) is 10.2 Å². The molecule has 1 aliphatic rings. The maximum absolute atomic E-state index is 12.2. The number of nitrogens with zero attached hydrogens (tertiary/aromatic N) is 2. The van der Waals surface area contributed by atoms with Gasteiger partial charge >= 0.3 is 0 Å². The Hall–Kier alpha value is -1.42. The smallest absolute Gasteiger partial charge is 0.222 e. The lowest BCUT2D eigenvalue weighted by Gasteiger charge is -2.31. The summed E-state index contributed by atoms with van der Waals surface area (Å²) < 4.78 is 1.27. The predicted molar refractivity (Wildman–Crippen MR) is 92.2 cm³/mol. The number of rotatable bonds is 4. The lowest BCUT2D eigenvalue weighted by molar-refractivity contribution is -0.132. The molecule has 1 fully saturated rings. The number of para-hydroxylation sites is 1. The normalized spacial score (nSPS) is 16.6. The monoisotopic (exact) mass is 316 g/mol. The third-order valence-corrected chi connectivity index (χ3v) is 5.64. The minimum atomic E-state index is 0.330. The van der Waals surface area contributed by atoms with Crippen LogP contribution in [0.1, 0.15) is 50.5 Å². The molecule has 0 unspecified atom stereocenters. The van der Waals surface area contributed by atoms with Gasteiger partial charge in [0.05, 0.1) is 15.2 Å². The van der Waals surface area contributed by atoms with Crippen molar-refractivity contribution in [2.45, 2.75) is 45.4 Å². The number of likely N-dealkylation sites (tertiary alicyclic amines) is 1. The van der Waals surface area contributed by atoms with Crippen molar-refractivity contribution in [2.24, 2.45) is 5.92 Å². The fourth-order valence-electron chi connectivity index (χ4n) is 3.01. The molecule has 2 aromatic rings. The molecule has 0 bridgehead atoms. The second-order valence-corrected chi connectivity index (χ2v) is 7.67. The zero-order valence-corrected chi connectivity index (χ0v) is 14.2. The number of aromatic nitrogens is 1. The van der Waals surface area contributed by atoms with E-state index in [1.807, 2.05) is 22.3 Å². The molecule has 118 valence electrons. The van der Waals surface area contributed by atoms with Crippen LogP contribution in [0, 0.1) is 5.92 Å². The van der Waals surface area contributed by atoms with Gasteiger partial charge in [0.1, 0.15) is 0 Å². The highest BCUT2D eigenvalue weighted by Gasteiger charge is 2.25. The van der Waals surface area contributed by atoms with Crippen molar-refractivity contribution in [1.82, 2.24) is 9.88 Å². The Balaban J connectivity index is 1.58. The van der Waals surface area contributed by atoms with E-state index in [4.69, 9.17) is 4.98 Å². The maximum Gasteiger partial charge on any atom is 0.222 e. The second-order valence-electron chi connectivity index (χ2n) is 6.61. The minimum absolute atomic E-state index is 0.330. The molecular weight excluding hydrogens is 292 g/mol. The van der Waals surface area contributed by atoms with Crippen LogP contribution in [-0.2, 0) is 4.79 Å². The molecule has 1 aliphatic heterocycles. The number of benzene rings is 1. The molecule has 0 spiro atoms. The van der Waals surface area contributed by atoms with Crippen molar-refractivity contribution >= 4 is 27.5 Å². The van der Waals surface area contributed by atoms with Gasteiger partial charge in [-0.1, -0.05) is 26.0 Å². The maximum atomic E-state index is 12.2. The van der Waals surface area contributed by atoms with Crippen LogP contribution >= 0.6 is 11.3 Å². The molecule has 0 radical (unpaired) electrons. The molecule has 3 rings (SSSR count). The van der Waals surface area contributed by atoms with Gasteiger partial charge in [-0.2, -0.15) is 0 Å². The summed E-state index contributed by atoms with van der Waals surface area (Å²) in [6.07, 6.45) is 3.79. The fraction of sp³-hybridized carbons (Fsp3) is 0.556. The van der Waals surface area contributed by atoms with E-state index in [1.165, 1.54) is 9.71 Å². The molecule has 0 saturated carbocycles. The molecule has 4 heteroatoms. The van der Waals surface area contributed by atoms with Crippen LogP contribution in [0.4, 0.5) is 0 Å². The molecule has 1 aromatic carbocycles. The van der Waals surface area contributed by atoms with Crippen molar-refractivity contribution in [3.8, 4) is 0 Å². The lowest BCUT2D eigenvalue weighted by Crippen LogP contribution is -2.37. The van der Waals surface area contributed by atoms with E-state index < -0.39 is 0 Å². The number of hydrogen-bond donors (Lipinski definition) is 0. The Morgan fingerprint density at radius 1 is 1.32 bits per heavy atom. The van der Waals surface area contributed by atoms with Crippen LogP contribution in [-0.4, -0.2) is 28.9 Å². The SMILES string of the molecule is CC(C)CCC(=O)N1CCC(c2nc3ccccc3s2)CC1. The summed E-state index contributed by atoms with van der Waals surface area (Å²) in [4.78, 5) is 19.0. The van der Waals surface area contributed by atoms with Crippen molar-refractivity contribution in [3.05, 3.63) is 29.3 Å². The van der Waals surface area contributed by atoms with E-state index in [9.17, 15) is 4.79 Å². The van der Waals surface area contributed by atoms with Crippen LogP contribution in [0.5, 0.6) is 0 Å². The zero-order valence-electron chi connectivity index (χ0n) is 13.4. The van der Waals surface area contributed by atoms with Gasteiger partial charge in [-0.05, 0) is 37.3 Å². The number of piperidine rings is 1. The molecule has 0 atom stereocenters. The van der Waals surface area contributed by atoms with E-state index in [0.717, 1.165) is 37.9 Å². The van der Waals surface area contributed by atoms with Gasteiger partial charge < -0.3 is 4.90 Å². The Labute approximate surface area is 136 Å². The zero-order chi connectivity index (χ0) is 15.5. The summed E-state index contributed by atoms with van der Waals surface area (Å²) in [6.45, 7) is 6.12. The number of fused-ring (bicyclic) bond motifs is 1. The van der Waals surface area contributed by atoms with E-state index in [2.05, 4.69) is 32.0 Å². The van der Waals surface area contributed by atoms with E-state index in [0.29, 0.717) is 24.2 Å². The summed E-state index contributed by atoms with van der Waals surface area (Å²) in [5, 5.41) is 1.25. The van der Waals surface area contributed by atoms with Gasteiger partial charge in [0.2, 0.25) is 5.91 Å². The molecule has 1 amide bonds. The van der Waals surface area contributed by atoms with Crippen molar-refractivity contribution in [2.75, 3.05) is 13.1 Å². The van der Waals surface area contributed by atoms with Crippen molar-refractivity contribution in [3.63, 3.8) is 0 Å². The third kappa shape index (κ3) is 3.49. The van der Waals surface area contributed by atoms with E-state index >= 15 is 0 Å². The van der Waals surface area contributed by atoms with Crippen LogP contribution in [0.15, 0.2) is 24.3 Å². The molecule has 1 saturated heterocycles. The third-order valence-electron chi connectivity index (χ3n) is 4.44. The van der Waals surface area contributed by atoms with Gasteiger partial charge in [0.25, 0.3) is 0 Å². The number of amides is 1. The minimum Gasteiger partial charge on any atom is -0.343 e. The Morgan fingerprint density at radius 2 is 2.05 bits per heavy atom. The summed E-state index contributed by atoms with van der Waals surface area (Å²) >= 11 is 1.81. The highest BCUT2D eigenvalue weighted by Crippen LogP contribution is 2.33. The first-order valence-corrected chi connectivity index (χ1v) is 9.08. The Kier molecular flexibility index (Phi) is 4.77. The van der Waals surface area contributed by atoms with Gasteiger partial charge in [0, 0.05) is 25.4 Å². The van der Waals surface area contributed by atoms with Crippen LogP contribution in [0.3, 0.4) is 0 Å². The highest BCUT2D eigenvalue weighted by molar-refractivity contribution is 7.18. The van der Waals surface area contributed by atoms with Gasteiger partial charge in [-0.15, -0.1) is 11.3 Å². The topological polar surface area (TPSA) is 33.2 Å². The quantitative estimate of drug-likeness (QED) is 0.835. The molecular formula is C18H24N2OS. The summed E-state index contributed by atoms with van der Waals surface area (Å²) in [7, 11) is 0. The van der Waals surface area contributed by atoms with Crippen molar-refractivity contribution in [1.29, 1.82) is 0 Å². The second kappa shape index (κ2) is 6.78. The standard InChI is InChI=1S/C18H24N2OS/c1-13(2)7-8-17(21)20-11-9-14(10-12-20)18-19-15-5-3-4-6-16(15)22-18/h3-6,13-14H,7-12H2,1-2H3. The largest absolute Gasteiger partial charge is 0.343 e. The molecule has 1 aromatic heterocycles. The molecule has 3 nitrogen and oxygen atoms in total. The fourth-order valence-corrected chi connectivity index (χ4v) is 4.15. The van der Waals surface area contributed by atoms with E-state index in [1.54, 1.807) is 0 Å². The van der Waals surface area contributed by atoms with Crippen molar-refractivity contribution < 1.29 is 4.79 Å². The average molecular weight is 316 g/mol. The Bertz CT molecular complexity index is 608. The molecule has 22 heavy (non-hydrogen) atoms. The number of thiazole rings is 1. The predicted octanol–water partition coefficient (Wildman–Crippen LogP) is 4.44. The molecule has 2 heterocycles. The first-order valence-electron chi connectivity index (χ1n) is 8.26. The highest BCUT2D eigenvalue weighted by atomic mass is 32.1.